The number of hydrazine groups is 1. The van der Waals surface area contributed by atoms with Crippen LogP contribution in [0.25, 0.3) is 0 Å². The molecule has 1 saturated heterocycles. The summed E-state index contributed by atoms with van der Waals surface area (Å²) in [6, 6.07) is 11.8. The van der Waals surface area contributed by atoms with E-state index in [9.17, 15) is 4.79 Å². The quantitative estimate of drug-likeness (QED) is 0.636. The van der Waals surface area contributed by atoms with Crippen molar-refractivity contribution in [3.05, 3.63) is 35.9 Å². The van der Waals surface area contributed by atoms with Crippen molar-refractivity contribution in [3.63, 3.8) is 0 Å². The zero-order valence-electron chi connectivity index (χ0n) is 14.7. The van der Waals surface area contributed by atoms with Gasteiger partial charge in [0.25, 0.3) is 0 Å². The van der Waals surface area contributed by atoms with E-state index in [1.54, 1.807) is 0 Å². The first kappa shape index (κ1) is 17.4. The van der Waals surface area contributed by atoms with Gasteiger partial charge in [-0.25, -0.2) is 0 Å². The number of carbonyl (C=O) groups is 1. The van der Waals surface area contributed by atoms with Gasteiger partial charge in [-0.05, 0) is 44.6 Å². The Morgan fingerprint density at radius 1 is 1.12 bits per heavy atom. The highest BCUT2D eigenvalue weighted by atomic mass is 16.2. The molecule has 1 heterocycles. The summed E-state index contributed by atoms with van der Waals surface area (Å²) in [4.78, 5) is 12.3. The highest BCUT2D eigenvalue weighted by Crippen LogP contribution is 2.28. The zero-order valence-corrected chi connectivity index (χ0v) is 14.7. The van der Waals surface area contributed by atoms with E-state index in [0.717, 1.165) is 6.42 Å². The highest BCUT2D eigenvalue weighted by molar-refractivity contribution is 5.78. The van der Waals surface area contributed by atoms with E-state index >= 15 is 0 Å². The first-order chi connectivity index (χ1) is 11.6. The van der Waals surface area contributed by atoms with Crippen molar-refractivity contribution in [1.29, 1.82) is 0 Å². The van der Waals surface area contributed by atoms with Gasteiger partial charge in [-0.3, -0.25) is 15.6 Å². The lowest BCUT2D eigenvalue weighted by atomic mass is 9.94. The largest absolute Gasteiger partial charge is 0.349 e. The molecule has 3 rings (SSSR count). The number of rotatable bonds is 6. The van der Waals surface area contributed by atoms with Crippen LogP contribution in [-0.2, 0) is 11.2 Å². The summed E-state index contributed by atoms with van der Waals surface area (Å²) in [5.41, 5.74) is 7.74. The molecule has 24 heavy (non-hydrogen) atoms. The molecule has 2 fully saturated rings. The second kappa shape index (κ2) is 8.10. The number of benzene rings is 1. The van der Waals surface area contributed by atoms with E-state index < -0.39 is 0 Å². The molecule has 0 spiro atoms. The van der Waals surface area contributed by atoms with Crippen LogP contribution in [0.2, 0.25) is 0 Å². The van der Waals surface area contributed by atoms with Crippen molar-refractivity contribution in [1.82, 2.24) is 21.5 Å². The molecule has 132 valence electrons. The van der Waals surface area contributed by atoms with Crippen LogP contribution in [0, 0.1) is 5.92 Å². The van der Waals surface area contributed by atoms with Crippen molar-refractivity contribution < 1.29 is 4.79 Å². The average Bonchev–Trinajstić information content (AvgIpc) is 3.15. The van der Waals surface area contributed by atoms with Gasteiger partial charge >= 0.3 is 0 Å². The SMILES string of the molecule is CC1NNC(C)C1NC(=O)CNC1CCCC1Cc1ccccc1. The van der Waals surface area contributed by atoms with E-state index in [-0.39, 0.29) is 24.0 Å². The van der Waals surface area contributed by atoms with Crippen molar-refractivity contribution >= 4 is 5.91 Å². The minimum absolute atomic E-state index is 0.0922. The standard InChI is InChI=1S/C19H30N4O/c1-13-19(14(2)23-22-13)21-18(24)12-20-17-10-6-9-16(17)11-15-7-4-3-5-8-15/h3-5,7-8,13-14,16-17,19-20,22-23H,6,9-12H2,1-2H3,(H,21,24). The first-order valence-corrected chi connectivity index (χ1v) is 9.21. The normalized spacial score (nSPS) is 32.8. The number of hydrogen-bond donors (Lipinski definition) is 4. The fraction of sp³-hybridized carbons (Fsp3) is 0.632. The number of hydrogen-bond acceptors (Lipinski definition) is 4. The molecule has 0 bridgehead atoms. The summed E-state index contributed by atoms with van der Waals surface area (Å²) in [7, 11) is 0. The lowest BCUT2D eigenvalue weighted by Gasteiger charge is -2.23. The molecule has 1 aliphatic carbocycles. The van der Waals surface area contributed by atoms with Crippen LogP contribution < -0.4 is 21.5 Å². The van der Waals surface area contributed by atoms with E-state index in [1.807, 2.05) is 0 Å². The van der Waals surface area contributed by atoms with Gasteiger partial charge in [-0.15, -0.1) is 0 Å². The second-order valence-corrected chi connectivity index (χ2v) is 7.33. The number of carbonyl (C=O) groups excluding carboxylic acids is 1. The average molecular weight is 330 g/mol. The third-order valence-electron chi connectivity index (χ3n) is 5.47. The molecular weight excluding hydrogens is 300 g/mol. The Bertz CT molecular complexity index is 525. The van der Waals surface area contributed by atoms with Crippen molar-refractivity contribution in [2.45, 2.75) is 63.7 Å². The van der Waals surface area contributed by atoms with Crippen molar-refractivity contribution in [2.24, 2.45) is 5.92 Å². The van der Waals surface area contributed by atoms with Crippen molar-refractivity contribution in [3.8, 4) is 0 Å². The molecule has 1 aromatic rings. The molecule has 5 nitrogen and oxygen atoms in total. The Morgan fingerprint density at radius 3 is 2.54 bits per heavy atom. The first-order valence-electron chi connectivity index (χ1n) is 9.21. The maximum Gasteiger partial charge on any atom is 0.234 e. The molecule has 1 amide bonds. The van der Waals surface area contributed by atoms with Gasteiger partial charge in [0.2, 0.25) is 5.91 Å². The molecular formula is C19H30N4O. The Kier molecular flexibility index (Phi) is 5.87. The molecule has 4 unspecified atom stereocenters. The fourth-order valence-electron chi connectivity index (χ4n) is 4.05. The lowest BCUT2D eigenvalue weighted by molar-refractivity contribution is -0.121. The maximum absolute atomic E-state index is 12.3. The molecule has 1 saturated carbocycles. The minimum Gasteiger partial charge on any atom is -0.349 e. The fourth-order valence-corrected chi connectivity index (χ4v) is 4.05. The van der Waals surface area contributed by atoms with Crippen LogP contribution in [0.15, 0.2) is 30.3 Å². The summed E-state index contributed by atoms with van der Waals surface area (Å²) >= 11 is 0. The van der Waals surface area contributed by atoms with Gasteiger partial charge in [-0.1, -0.05) is 36.8 Å². The third kappa shape index (κ3) is 4.35. The minimum atomic E-state index is 0.0922. The zero-order chi connectivity index (χ0) is 16.9. The number of nitrogens with one attached hydrogen (secondary N) is 4. The van der Waals surface area contributed by atoms with Crippen LogP contribution in [0.4, 0.5) is 0 Å². The highest BCUT2D eigenvalue weighted by Gasteiger charge is 2.31. The maximum atomic E-state index is 12.3. The van der Waals surface area contributed by atoms with Crippen LogP contribution in [0.5, 0.6) is 0 Å². The van der Waals surface area contributed by atoms with Gasteiger partial charge in [0.05, 0.1) is 12.6 Å². The summed E-state index contributed by atoms with van der Waals surface area (Å²) < 4.78 is 0. The predicted molar refractivity (Wildman–Crippen MR) is 96.4 cm³/mol. The Labute approximate surface area is 144 Å². The molecule has 1 aromatic carbocycles. The summed E-state index contributed by atoms with van der Waals surface area (Å²) in [5.74, 6) is 0.724. The van der Waals surface area contributed by atoms with Crippen LogP contribution in [-0.4, -0.2) is 36.6 Å². The molecule has 0 radical (unpaired) electrons. The smallest absolute Gasteiger partial charge is 0.234 e. The van der Waals surface area contributed by atoms with Crippen LogP contribution in [0.3, 0.4) is 0 Å². The van der Waals surface area contributed by atoms with E-state index in [2.05, 4.69) is 65.7 Å². The summed E-state index contributed by atoms with van der Waals surface area (Å²) in [6.07, 6.45) is 4.77. The van der Waals surface area contributed by atoms with Gasteiger partial charge in [0.15, 0.2) is 0 Å². The molecule has 4 atom stereocenters. The van der Waals surface area contributed by atoms with E-state index in [0.29, 0.717) is 18.5 Å². The third-order valence-corrected chi connectivity index (χ3v) is 5.47. The van der Waals surface area contributed by atoms with Crippen molar-refractivity contribution in [2.75, 3.05) is 6.54 Å². The summed E-state index contributed by atoms with van der Waals surface area (Å²) in [6.45, 7) is 4.58. The Morgan fingerprint density at radius 2 is 1.83 bits per heavy atom. The topological polar surface area (TPSA) is 65.2 Å². The van der Waals surface area contributed by atoms with Gasteiger partial charge in [0.1, 0.15) is 0 Å². The molecule has 0 aromatic heterocycles. The monoisotopic (exact) mass is 330 g/mol. The van der Waals surface area contributed by atoms with E-state index in [4.69, 9.17) is 0 Å². The Hall–Kier alpha value is -1.43. The Balaban J connectivity index is 1.45. The lowest BCUT2D eigenvalue weighted by Crippen LogP contribution is -2.50. The predicted octanol–water partition coefficient (Wildman–Crippen LogP) is 1.36. The molecule has 4 N–H and O–H groups in total. The molecule has 5 heteroatoms. The van der Waals surface area contributed by atoms with Gasteiger partial charge in [0, 0.05) is 18.1 Å². The molecule has 2 aliphatic rings. The van der Waals surface area contributed by atoms with Gasteiger partial charge in [-0.2, -0.15) is 0 Å². The van der Waals surface area contributed by atoms with Crippen LogP contribution in [0.1, 0.15) is 38.7 Å². The second-order valence-electron chi connectivity index (χ2n) is 7.33. The van der Waals surface area contributed by atoms with Crippen LogP contribution >= 0.6 is 0 Å². The molecule has 1 aliphatic heterocycles. The summed E-state index contributed by atoms with van der Waals surface area (Å²) in [5, 5.41) is 6.64. The van der Waals surface area contributed by atoms with E-state index in [1.165, 1.54) is 24.8 Å². The van der Waals surface area contributed by atoms with Gasteiger partial charge < -0.3 is 10.6 Å². The number of amides is 1.